The molecule has 2 aromatic rings. The highest BCUT2D eigenvalue weighted by atomic mass is 32.1. The molecule has 116 valence electrons. The minimum atomic E-state index is -0.120. The highest BCUT2D eigenvalue weighted by Gasteiger charge is 2.27. The molecule has 0 unspecified atom stereocenters. The Balaban J connectivity index is 1.69. The number of nitrogens with one attached hydrogen (secondary N) is 1. The van der Waals surface area contributed by atoms with Gasteiger partial charge in [-0.25, -0.2) is 9.97 Å². The average Bonchev–Trinajstić information content (AvgIpc) is 3.17. The molecule has 0 aromatic carbocycles. The lowest BCUT2D eigenvalue weighted by atomic mass is 9.95. The number of likely N-dealkylation sites (tertiary alicyclic amines) is 1. The van der Waals surface area contributed by atoms with Gasteiger partial charge >= 0.3 is 0 Å². The Kier molecular flexibility index (Phi) is 4.49. The molecular weight excluding hydrogens is 320 g/mol. The molecule has 1 aliphatic heterocycles. The van der Waals surface area contributed by atoms with E-state index in [1.165, 1.54) is 29.6 Å². The van der Waals surface area contributed by atoms with Crippen molar-refractivity contribution in [3.8, 4) is 0 Å². The maximum absolute atomic E-state index is 12.4. The summed E-state index contributed by atoms with van der Waals surface area (Å²) in [5, 5.41) is 7.06. The molecule has 1 fully saturated rings. The van der Waals surface area contributed by atoms with Gasteiger partial charge in [-0.05, 0) is 12.8 Å². The fourth-order valence-corrected chi connectivity index (χ4v) is 3.93. The van der Waals surface area contributed by atoms with Crippen LogP contribution in [0, 0.1) is 0 Å². The highest BCUT2D eigenvalue weighted by molar-refractivity contribution is 7.13. The summed E-state index contributed by atoms with van der Waals surface area (Å²) in [7, 11) is 0. The molecule has 2 aromatic heterocycles. The Labute approximate surface area is 136 Å². The van der Waals surface area contributed by atoms with Gasteiger partial charge in [-0.15, -0.1) is 22.7 Å². The zero-order valence-electron chi connectivity index (χ0n) is 12.1. The second kappa shape index (κ2) is 6.53. The molecule has 8 heteroatoms. The number of thiazole rings is 2. The molecule has 0 bridgehead atoms. The number of aromatic nitrogens is 2. The monoisotopic (exact) mass is 336 g/mol. The minimum Gasteiger partial charge on any atom is -0.337 e. The number of amides is 2. The van der Waals surface area contributed by atoms with Crippen LogP contribution in [-0.2, 0) is 4.79 Å². The van der Waals surface area contributed by atoms with E-state index in [-0.39, 0.29) is 17.7 Å². The summed E-state index contributed by atoms with van der Waals surface area (Å²) in [5.41, 5.74) is 3.14. The number of nitrogens with zero attached hydrogens (tertiary/aromatic N) is 3. The quantitative estimate of drug-likeness (QED) is 0.935. The molecule has 1 saturated heterocycles. The van der Waals surface area contributed by atoms with Gasteiger partial charge in [-0.3, -0.25) is 9.59 Å². The van der Waals surface area contributed by atoms with E-state index in [4.69, 9.17) is 0 Å². The first kappa shape index (κ1) is 15.1. The van der Waals surface area contributed by atoms with Crippen molar-refractivity contribution in [2.45, 2.75) is 25.7 Å². The number of carbonyl (C=O) groups is 2. The Hall–Kier alpha value is -1.80. The number of piperidine rings is 1. The fourth-order valence-electron chi connectivity index (χ4n) is 2.56. The van der Waals surface area contributed by atoms with Crippen molar-refractivity contribution in [1.29, 1.82) is 0 Å². The molecule has 0 saturated carbocycles. The van der Waals surface area contributed by atoms with Gasteiger partial charge in [0.05, 0.1) is 11.2 Å². The number of hydrogen-bond donors (Lipinski definition) is 1. The lowest BCUT2D eigenvalue weighted by Gasteiger charge is -2.31. The lowest BCUT2D eigenvalue weighted by Crippen LogP contribution is -2.39. The molecular formula is C14H16N4O2S2. The molecule has 2 amide bonds. The topological polar surface area (TPSA) is 75.2 Å². The molecule has 1 atom stereocenters. The van der Waals surface area contributed by atoms with Crippen molar-refractivity contribution in [3.05, 3.63) is 27.7 Å². The Morgan fingerprint density at radius 2 is 2.27 bits per heavy atom. The first-order valence-electron chi connectivity index (χ1n) is 7.04. The second-order valence-corrected chi connectivity index (χ2v) is 6.80. The molecule has 1 N–H and O–H groups in total. The van der Waals surface area contributed by atoms with Gasteiger partial charge in [-0.1, -0.05) is 0 Å². The summed E-state index contributed by atoms with van der Waals surface area (Å²) < 4.78 is 0. The van der Waals surface area contributed by atoms with Gasteiger partial charge in [0.1, 0.15) is 5.69 Å². The summed E-state index contributed by atoms with van der Waals surface area (Å²) in [6.07, 6.45) is 1.96. The SMILES string of the molecule is CC(=O)Nc1nc([C@H]2CCCN(C(=O)c3cscn3)C2)cs1. The maximum atomic E-state index is 12.4. The standard InChI is InChI=1S/C14H16N4O2S2/c1-9(19)16-14-17-11(7-22-14)10-3-2-4-18(5-10)13(20)12-6-21-8-15-12/h6-8,10H,2-5H2,1H3,(H,16,17,19)/t10-/m0/s1. The molecule has 6 nitrogen and oxygen atoms in total. The van der Waals surface area contributed by atoms with E-state index in [0.29, 0.717) is 17.4 Å². The number of anilines is 1. The summed E-state index contributed by atoms with van der Waals surface area (Å²) in [5.74, 6) is 0.0863. The predicted molar refractivity (Wildman–Crippen MR) is 86.4 cm³/mol. The van der Waals surface area contributed by atoms with Gasteiger partial charge in [0, 0.05) is 36.7 Å². The summed E-state index contributed by atoms with van der Waals surface area (Å²) in [6, 6.07) is 0. The fraction of sp³-hybridized carbons (Fsp3) is 0.429. The van der Waals surface area contributed by atoms with E-state index < -0.39 is 0 Å². The van der Waals surface area contributed by atoms with Crippen molar-refractivity contribution in [2.75, 3.05) is 18.4 Å². The largest absolute Gasteiger partial charge is 0.337 e. The summed E-state index contributed by atoms with van der Waals surface area (Å²) >= 11 is 2.85. The molecule has 3 rings (SSSR count). The van der Waals surface area contributed by atoms with E-state index in [1.807, 2.05) is 10.3 Å². The van der Waals surface area contributed by atoms with E-state index in [9.17, 15) is 9.59 Å². The molecule has 1 aliphatic rings. The molecule has 3 heterocycles. The molecule has 22 heavy (non-hydrogen) atoms. The van der Waals surface area contributed by atoms with Crippen LogP contribution in [0.1, 0.15) is 41.9 Å². The van der Waals surface area contributed by atoms with Gasteiger partial charge in [-0.2, -0.15) is 0 Å². The van der Waals surface area contributed by atoms with Crippen LogP contribution in [0.25, 0.3) is 0 Å². The van der Waals surface area contributed by atoms with E-state index in [0.717, 1.165) is 25.1 Å². The third-order valence-electron chi connectivity index (χ3n) is 3.58. The van der Waals surface area contributed by atoms with Gasteiger partial charge in [0.15, 0.2) is 5.13 Å². The van der Waals surface area contributed by atoms with Crippen molar-refractivity contribution in [1.82, 2.24) is 14.9 Å². The van der Waals surface area contributed by atoms with Crippen LogP contribution in [0.2, 0.25) is 0 Å². The Morgan fingerprint density at radius 1 is 1.41 bits per heavy atom. The van der Waals surface area contributed by atoms with E-state index in [2.05, 4.69) is 15.3 Å². The van der Waals surface area contributed by atoms with Crippen molar-refractivity contribution in [2.24, 2.45) is 0 Å². The molecule has 0 radical (unpaired) electrons. The van der Waals surface area contributed by atoms with Crippen molar-refractivity contribution < 1.29 is 9.59 Å². The first-order valence-corrected chi connectivity index (χ1v) is 8.86. The summed E-state index contributed by atoms with van der Waals surface area (Å²) in [4.78, 5) is 33.9. The predicted octanol–water partition coefficient (Wildman–Crippen LogP) is 2.58. The zero-order valence-corrected chi connectivity index (χ0v) is 13.7. The number of hydrogen-bond acceptors (Lipinski definition) is 6. The van der Waals surface area contributed by atoms with Crippen LogP contribution in [0.3, 0.4) is 0 Å². The third kappa shape index (κ3) is 3.33. The molecule has 0 aliphatic carbocycles. The van der Waals surface area contributed by atoms with Crippen LogP contribution in [0.15, 0.2) is 16.3 Å². The average molecular weight is 336 g/mol. The van der Waals surface area contributed by atoms with Crippen LogP contribution < -0.4 is 5.32 Å². The Bertz CT molecular complexity index is 668. The van der Waals surface area contributed by atoms with Crippen LogP contribution in [0.4, 0.5) is 5.13 Å². The van der Waals surface area contributed by atoms with E-state index in [1.54, 1.807) is 10.9 Å². The van der Waals surface area contributed by atoms with Crippen LogP contribution in [-0.4, -0.2) is 39.8 Å². The second-order valence-electron chi connectivity index (χ2n) is 5.22. The van der Waals surface area contributed by atoms with Crippen LogP contribution in [0.5, 0.6) is 0 Å². The van der Waals surface area contributed by atoms with Gasteiger partial charge in [0.25, 0.3) is 5.91 Å². The van der Waals surface area contributed by atoms with Gasteiger partial charge in [0.2, 0.25) is 5.91 Å². The van der Waals surface area contributed by atoms with Crippen molar-refractivity contribution >= 4 is 39.6 Å². The number of rotatable bonds is 3. The number of carbonyl (C=O) groups excluding carboxylic acids is 2. The smallest absolute Gasteiger partial charge is 0.273 e. The highest BCUT2D eigenvalue weighted by Crippen LogP contribution is 2.30. The minimum absolute atomic E-state index is 0.0109. The Morgan fingerprint density at radius 3 is 3.00 bits per heavy atom. The molecule has 0 spiro atoms. The normalized spacial score (nSPS) is 18.2. The third-order valence-corrected chi connectivity index (χ3v) is 4.95. The zero-order chi connectivity index (χ0) is 15.5. The van der Waals surface area contributed by atoms with E-state index >= 15 is 0 Å². The van der Waals surface area contributed by atoms with Crippen molar-refractivity contribution in [3.63, 3.8) is 0 Å². The lowest BCUT2D eigenvalue weighted by molar-refractivity contribution is -0.114. The first-order chi connectivity index (χ1) is 10.6. The van der Waals surface area contributed by atoms with Crippen LogP contribution >= 0.6 is 22.7 Å². The summed E-state index contributed by atoms with van der Waals surface area (Å²) in [6.45, 7) is 2.88. The maximum Gasteiger partial charge on any atom is 0.273 e. The van der Waals surface area contributed by atoms with Gasteiger partial charge < -0.3 is 10.2 Å².